The summed E-state index contributed by atoms with van der Waals surface area (Å²) in [6, 6.07) is 2.78. The Labute approximate surface area is 110 Å². The van der Waals surface area contributed by atoms with E-state index in [9.17, 15) is 9.90 Å². The van der Waals surface area contributed by atoms with Gasteiger partial charge in [-0.2, -0.15) is 0 Å². The highest BCUT2D eigenvalue weighted by Crippen LogP contribution is 2.32. The molecule has 0 radical (unpaired) electrons. The van der Waals surface area contributed by atoms with Gasteiger partial charge in [0.15, 0.2) is 11.5 Å². The first-order valence-electron chi connectivity index (χ1n) is 7.27. The fourth-order valence-electron chi connectivity index (χ4n) is 1.59. The van der Waals surface area contributed by atoms with Crippen LogP contribution in [0.3, 0.4) is 0 Å². The number of ether oxygens (including phenoxy) is 1. The lowest BCUT2D eigenvalue weighted by atomic mass is 10.1. The quantitative estimate of drug-likeness (QED) is 0.773. The van der Waals surface area contributed by atoms with Crippen LogP contribution in [0.5, 0.6) is 11.5 Å². The molecule has 0 saturated carbocycles. The van der Waals surface area contributed by atoms with Gasteiger partial charge in [0, 0.05) is 42.1 Å². The SMILES string of the molecule is [2H]C([2H])(NC(C)=O)C([2H])([2H])c1c[nH]c2cc(O)c(OC)cc12. The van der Waals surface area contributed by atoms with Gasteiger partial charge in [-0.25, -0.2) is 0 Å². The summed E-state index contributed by atoms with van der Waals surface area (Å²) >= 11 is 0. The molecule has 1 heterocycles. The number of methoxy groups -OCH3 is 1. The van der Waals surface area contributed by atoms with Crippen LogP contribution in [0.25, 0.3) is 10.9 Å². The first-order valence-corrected chi connectivity index (χ1v) is 5.27. The minimum atomic E-state index is -2.61. The number of aromatic hydroxyl groups is 1. The summed E-state index contributed by atoms with van der Waals surface area (Å²) in [7, 11) is 1.36. The Hall–Kier alpha value is -2.17. The second-order valence-electron chi connectivity index (χ2n) is 3.70. The summed E-state index contributed by atoms with van der Waals surface area (Å²) in [5.74, 6) is -0.651. The van der Waals surface area contributed by atoms with Gasteiger partial charge in [0.1, 0.15) is 0 Å². The molecule has 1 aromatic carbocycles. The molecule has 5 heteroatoms. The van der Waals surface area contributed by atoms with Gasteiger partial charge < -0.3 is 20.1 Å². The van der Waals surface area contributed by atoms with Crippen LogP contribution in [0.1, 0.15) is 18.0 Å². The molecule has 96 valence electrons. The third-order valence-electron chi connectivity index (χ3n) is 2.42. The van der Waals surface area contributed by atoms with Gasteiger partial charge in [0.25, 0.3) is 0 Å². The molecule has 5 nitrogen and oxygen atoms in total. The van der Waals surface area contributed by atoms with E-state index in [0.717, 1.165) is 6.92 Å². The molecule has 0 aliphatic carbocycles. The third-order valence-corrected chi connectivity index (χ3v) is 2.42. The highest BCUT2D eigenvalue weighted by atomic mass is 16.5. The fraction of sp³-hybridized carbons (Fsp3) is 0.308. The van der Waals surface area contributed by atoms with Gasteiger partial charge in [0.05, 0.1) is 7.11 Å². The summed E-state index contributed by atoms with van der Waals surface area (Å²) in [5.41, 5.74) is 0.440. The van der Waals surface area contributed by atoms with Crippen LogP contribution >= 0.6 is 0 Å². The summed E-state index contributed by atoms with van der Waals surface area (Å²) in [5, 5.41) is 12.1. The van der Waals surface area contributed by atoms with E-state index in [1.807, 2.05) is 5.32 Å². The van der Waals surface area contributed by atoms with Crippen LogP contribution in [-0.2, 0) is 11.2 Å². The van der Waals surface area contributed by atoms with Crippen molar-refractivity contribution in [3.63, 3.8) is 0 Å². The van der Waals surface area contributed by atoms with Gasteiger partial charge in [-0.15, -0.1) is 0 Å². The van der Waals surface area contributed by atoms with E-state index in [2.05, 4.69) is 4.98 Å². The zero-order chi connectivity index (χ0) is 16.7. The Bertz CT molecular complexity index is 727. The van der Waals surface area contributed by atoms with Crippen LogP contribution in [0.4, 0.5) is 0 Å². The Kier molecular flexibility index (Phi) is 2.23. The average molecular weight is 252 g/mol. The predicted molar refractivity (Wildman–Crippen MR) is 68.9 cm³/mol. The van der Waals surface area contributed by atoms with Crippen LogP contribution in [0, 0.1) is 0 Å². The Morgan fingerprint density at radius 2 is 2.39 bits per heavy atom. The van der Waals surface area contributed by atoms with E-state index in [0.29, 0.717) is 10.9 Å². The first-order chi connectivity index (χ1) is 10.1. The number of carbonyl (C=O) groups is 1. The molecule has 0 fully saturated rings. The molecule has 1 aromatic heterocycles. The number of carbonyl (C=O) groups excluding carboxylic acids is 1. The van der Waals surface area contributed by atoms with Gasteiger partial charge in [-0.1, -0.05) is 0 Å². The number of aromatic amines is 1. The molecule has 0 bridgehead atoms. The standard InChI is InChI=1S/C13H16N2O3/c1-8(16)14-4-3-9-7-15-11-6-12(17)13(18-2)5-10(9)11/h5-7,15,17H,3-4H2,1-2H3,(H,14,16)/i3D2,4D2. The summed E-state index contributed by atoms with van der Waals surface area (Å²) < 4.78 is 36.8. The zero-order valence-corrected chi connectivity index (χ0v) is 10.00. The van der Waals surface area contributed by atoms with Gasteiger partial charge >= 0.3 is 0 Å². The lowest BCUT2D eigenvalue weighted by Crippen LogP contribution is -2.22. The van der Waals surface area contributed by atoms with Gasteiger partial charge in [-0.3, -0.25) is 4.79 Å². The van der Waals surface area contributed by atoms with Crippen molar-refractivity contribution in [3.05, 3.63) is 23.9 Å². The van der Waals surface area contributed by atoms with Crippen LogP contribution < -0.4 is 10.1 Å². The topological polar surface area (TPSA) is 74.4 Å². The smallest absolute Gasteiger partial charge is 0.216 e. The normalized spacial score (nSPS) is 15.4. The number of H-pyrrole nitrogens is 1. The van der Waals surface area contributed by atoms with Crippen molar-refractivity contribution in [2.24, 2.45) is 0 Å². The Morgan fingerprint density at radius 3 is 3.06 bits per heavy atom. The number of hydrogen-bond donors (Lipinski definition) is 3. The molecule has 0 spiro atoms. The maximum Gasteiger partial charge on any atom is 0.216 e. The van der Waals surface area contributed by atoms with Crippen molar-refractivity contribution in [1.29, 1.82) is 0 Å². The highest BCUT2D eigenvalue weighted by Gasteiger charge is 2.09. The molecule has 0 unspecified atom stereocenters. The second-order valence-corrected chi connectivity index (χ2v) is 3.70. The van der Waals surface area contributed by atoms with E-state index in [-0.39, 0.29) is 17.1 Å². The molecule has 0 aliphatic rings. The molecular weight excluding hydrogens is 232 g/mol. The number of hydrogen-bond acceptors (Lipinski definition) is 3. The lowest BCUT2D eigenvalue weighted by molar-refractivity contribution is -0.118. The number of aromatic nitrogens is 1. The van der Waals surface area contributed by atoms with Crippen molar-refractivity contribution < 1.29 is 20.1 Å². The second kappa shape index (κ2) is 5.00. The predicted octanol–water partition coefficient (Wildman–Crippen LogP) is 1.56. The molecule has 0 aliphatic heterocycles. The first kappa shape index (κ1) is 8.02. The Balaban J connectivity index is 2.60. The largest absolute Gasteiger partial charge is 0.504 e. The van der Waals surface area contributed by atoms with Crippen LogP contribution in [0.15, 0.2) is 18.3 Å². The van der Waals surface area contributed by atoms with E-state index >= 15 is 0 Å². The van der Waals surface area contributed by atoms with Crippen molar-refractivity contribution in [2.45, 2.75) is 13.3 Å². The third kappa shape index (κ3) is 2.40. The number of benzene rings is 1. The van der Waals surface area contributed by atoms with Crippen molar-refractivity contribution >= 4 is 16.8 Å². The number of rotatable bonds is 4. The molecule has 0 atom stereocenters. The summed E-state index contributed by atoms with van der Waals surface area (Å²) in [6.45, 7) is -1.50. The molecule has 1 amide bonds. The minimum absolute atomic E-state index is 0.0135. The zero-order valence-electron chi connectivity index (χ0n) is 14.0. The lowest BCUT2D eigenvalue weighted by Gasteiger charge is -2.05. The van der Waals surface area contributed by atoms with E-state index < -0.39 is 18.8 Å². The number of amides is 1. The van der Waals surface area contributed by atoms with Crippen LogP contribution in [-0.4, -0.2) is 29.6 Å². The molecule has 2 rings (SSSR count). The number of fused-ring (bicyclic) bond motifs is 1. The van der Waals surface area contributed by atoms with Gasteiger partial charge in [-0.05, 0) is 18.0 Å². The molecule has 3 N–H and O–H groups in total. The van der Waals surface area contributed by atoms with E-state index in [4.69, 9.17) is 10.2 Å². The fourth-order valence-corrected chi connectivity index (χ4v) is 1.59. The number of aryl methyl sites for hydroxylation is 1. The minimum Gasteiger partial charge on any atom is -0.504 e. The molecule has 2 aromatic rings. The molecular formula is C13H16N2O3. The highest BCUT2D eigenvalue weighted by molar-refractivity contribution is 5.86. The maximum atomic E-state index is 11.1. The number of phenols is 1. The maximum absolute atomic E-state index is 11.1. The summed E-state index contributed by atoms with van der Waals surface area (Å²) in [6.07, 6.45) is -1.19. The summed E-state index contributed by atoms with van der Waals surface area (Å²) in [4.78, 5) is 13.9. The van der Waals surface area contributed by atoms with Crippen molar-refractivity contribution in [2.75, 3.05) is 13.6 Å². The molecule has 0 saturated heterocycles. The number of phenolic OH excluding ortho intramolecular Hbond substituents is 1. The number of nitrogens with one attached hydrogen (secondary N) is 2. The monoisotopic (exact) mass is 252 g/mol. The van der Waals surface area contributed by atoms with Gasteiger partial charge in [0.2, 0.25) is 5.91 Å². The van der Waals surface area contributed by atoms with Crippen LogP contribution in [0.2, 0.25) is 0 Å². The van der Waals surface area contributed by atoms with Crippen molar-refractivity contribution in [3.8, 4) is 11.5 Å². The van der Waals surface area contributed by atoms with Crippen molar-refractivity contribution in [1.82, 2.24) is 10.3 Å². The average Bonchev–Trinajstić information content (AvgIpc) is 2.78. The molecule has 18 heavy (non-hydrogen) atoms. The van der Waals surface area contributed by atoms with E-state index in [1.54, 1.807) is 0 Å². The van der Waals surface area contributed by atoms with E-state index in [1.165, 1.54) is 25.4 Å². The Morgan fingerprint density at radius 1 is 1.61 bits per heavy atom.